The molecule has 0 bridgehead atoms. The molecule has 1 amide bonds. The van der Waals surface area contributed by atoms with E-state index in [0.717, 1.165) is 27.3 Å². The van der Waals surface area contributed by atoms with Gasteiger partial charge in [0.15, 0.2) is 5.16 Å². The number of amides is 1. The van der Waals surface area contributed by atoms with Crippen molar-refractivity contribution in [2.75, 3.05) is 12.3 Å². The van der Waals surface area contributed by atoms with Crippen molar-refractivity contribution in [1.82, 2.24) is 14.9 Å². The number of thiophene rings is 1. The summed E-state index contributed by atoms with van der Waals surface area (Å²) in [7, 11) is 0. The Bertz CT molecular complexity index is 1010. The summed E-state index contributed by atoms with van der Waals surface area (Å²) in [5.74, 6) is 0.205. The van der Waals surface area contributed by atoms with Crippen LogP contribution in [-0.4, -0.2) is 27.8 Å². The minimum absolute atomic E-state index is 0.0397. The summed E-state index contributed by atoms with van der Waals surface area (Å²) < 4.78 is 1.69. The molecule has 0 spiro atoms. The van der Waals surface area contributed by atoms with E-state index in [9.17, 15) is 9.59 Å². The van der Waals surface area contributed by atoms with Crippen LogP contribution in [0.3, 0.4) is 0 Å². The van der Waals surface area contributed by atoms with Gasteiger partial charge in [-0.25, -0.2) is 4.98 Å². The van der Waals surface area contributed by atoms with Crippen molar-refractivity contribution < 1.29 is 4.79 Å². The van der Waals surface area contributed by atoms with Crippen molar-refractivity contribution >= 4 is 39.2 Å². The van der Waals surface area contributed by atoms with E-state index in [1.54, 1.807) is 4.57 Å². The van der Waals surface area contributed by atoms with E-state index in [4.69, 9.17) is 4.98 Å². The maximum absolute atomic E-state index is 13.2. The van der Waals surface area contributed by atoms with Crippen molar-refractivity contribution in [3.05, 3.63) is 56.7 Å². The fourth-order valence-electron chi connectivity index (χ4n) is 2.77. The molecule has 27 heavy (non-hydrogen) atoms. The summed E-state index contributed by atoms with van der Waals surface area (Å²) in [5, 5.41) is 4.14. The minimum atomic E-state index is -0.0407. The van der Waals surface area contributed by atoms with Crippen LogP contribution in [0.2, 0.25) is 0 Å². The molecule has 142 valence electrons. The summed E-state index contributed by atoms with van der Waals surface area (Å²) in [4.78, 5) is 31.8. The maximum Gasteiger partial charge on any atom is 0.263 e. The first-order valence-electron chi connectivity index (χ1n) is 8.95. The van der Waals surface area contributed by atoms with Crippen molar-refractivity contribution in [2.24, 2.45) is 0 Å². The average molecular weight is 402 g/mol. The zero-order chi connectivity index (χ0) is 19.4. The summed E-state index contributed by atoms with van der Waals surface area (Å²) in [6.07, 6.45) is 0.896. The minimum Gasteiger partial charge on any atom is -0.355 e. The highest BCUT2D eigenvalue weighted by molar-refractivity contribution is 7.99. The number of rotatable bonds is 7. The molecule has 0 aliphatic carbocycles. The van der Waals surface area contributed by atoms with Crippen LogP contribution >= 0.6 is 23.1 Å². The highest BCUT2D eigenvalue weighted by Crippen LogP contribution is 2.28. The first-order chi connectivity index (χ1) is 13.0. The quantitative estimate of drug-likeness (QED) is 0.484. The molecular weight excluding hydrogens is 378 g/mol. The molecule has 7 heteroatoms. The fourth-order valence-corrected chi connectivity index (χ4v) is 4.67. The lowest BCUT2D eigenvalue weighted by atomic mass is 10.2. The molecular formula is C20H23N3O2S2. The van der Waals surface area contributed by atoms with Crippen molar-refractivity contribution in [1.29, 1.82) is 0 Å². The fraction of sp³-hybridized carbons (Fsp3) is 0.350. The Hall–Kier alpha value is -2.12. The molecule has 0 aliphatic rings. The summed E-state index contributed by atoms with van der Waals surface area (Å²) in [6, 6.07) is 9.85. The largest absolute Gasteiger partial charge is 0.355 e. The highest BCUT2D eigenvalue weighted by atomic mass is 32.2. The first kappa shape index (κ1) is 19.6. The number of hydrogen-bond donors (Lipinski definition) is 1. The molecule has 2 aromatic heterocycles. The summed E-state index contributed by atoms with van der Waals surface area (Å²) >= 11 is 2.85. The van der Waals surface area contributed by atoms with E-state index in [-0.39, 0.29) is 17.2 Å². The Labute approximate surface area is 166 Å². The maximum atomic E-state index is 13.2. The third-order valence-electron chi connectivity index (χ3n) is 4.34. The van der Waals surface area contributed by atoms with E-state index in [1.165, 1.54) is 23.1 Å². The molecule has 0 atom stereocenters. The van der Waals surface area contributed by atoms with Gasteiger partial charge in [-0.05, 0) is 31.4 Å². The van der Waals surface area contributed by atoms with E-state index in [0.29, 0.717) is 23.6 Å². The standard InChI is InChI=1S/C20H23N3O2S2/c1-4-10-21-16(24)12-26-20-22-18-17(13(2)14(3)27-18)19(25)23(20)11-15-8-6-5-7-9-15/h5-9H,4,10-12H2,1-3H3,(H,21,24). The Morgan fingerprint density at radius 1 is 1.26 bits per heavy atom. The zero-order valence-electron chi connectivity index (χ0n) is 15.7. The van der Waals surface area contributed by atoms with Gasteiger partial charge in [-0.15, -0.1) is 11.3 Å². The summed E-state index contributed by atoms with van der Waals surface area (Å²) in [6.45, 7) is 7.09. The number of aryl methyl sites for hydroxylation is 2. The molecule has 0 fully saturated rings. The summed E-state index contributed by atoms with van der Waals surface area (Å²) in [5.41, 5.74) is 1.98. The zero-order valence-corrected chi connectivity index (χ0v) is 17.4. The molecule has 0 saturated heterocycles. The lowest BCUT2D eigenvalue weighted by Gasteiger charge is -2.12. The molecule has 2 heterocycles. The molecule has 0 aliphatic heterocycles. The molecule has 0 unspecified atom stereocenters. The molecule has 0 radical (unpaired) electrons. The van der Waals surface area contributed by atoms with Gasteiger partial charge in [-0.2, -0.15) is 0 Å². The second-order valence-electron chi connectivity index (χ2n) is 6.37. The van der Waals surface area contributed by atoms with Gasteiger partial charge in [0.25, 0.3) is 5.56 Å². The van der Waals surface area contributed by atoms with E-state index >= 15 is 0 Å². The number of benzene rings is 1. The molecule has 3 aromatic rings. The third-order valence-corrected chi connectivity index (χ3v) is 6.42. The SMILES string of the molecule is CCCNC(=O)CSc1nc2sc(C)c(C)c2c(=O)n1Cc1ccccc1. The number of carbonyl (C=O) groups excluding carboxylic acids is 1. The lowest BCUT2D eigenvalue weighted by molar-refractivity contribution is -0.118. The van der Waals surface area contributed by atoms with Gasteiger partial charge in [0.1, 0.15) is 4.83 Å². The second-order valence-corrected chi connectivity index (χ2v) is 8.52. The number of thioether (sulfide) groups is 1. The Kier molecular flexibility index (Phi) is 6.34. The Morgan fingerprint density at radius 2 is 2.00 bits per heavy atom. The average Bonchev–Trinajstić information content (AvgIpc) is 2.95. The van der Waals surface area contributed by atoms with Crippen molar-refractivity contribution in [2.45, 2.75) is 38.9 Å². The number of fused-ring (bicyclic) bond motifs is 1. The normalized spacial score (nSPS) is 11.1. The van der Waals surface area contributed by atoms with Crippen LogP contribution in [0.5, 0.6) is 0 Å². The number of hydrogen-bond acceptors (Lipinski definition) is 5. The number of nitrogens with one attached hydrogen (secondary N) is 1. The Balaban J connectivity index is 2.00. The molecule has 3 rings (SSSR count). The van der Waals surface area contributed by atoms with E-state index < -0.39 is 0 Å². The van der Waals surface area contributed by atoms with Crippen LogP contribution in [0.15, 0.2) is 40.3 Å². The van der Waals surface area contributed by atoms with Crippen LogP contribution in [-0.2, 0) is 11.3 Å². The molecule has 1 N–H and O–H groups in total. The van der Waals surface area contributed by atoms with Crippen molar-refractivity contribution in [3.63, 3.8) is 0 Å². The second kappa shape index (κ2) is 8.71. The first-order valence-corrected chi connectivity index (χ1v) is 10.8. The van der Waals surface area contributed by atoms with E-state index in [2.05, 4.69) is 5.32 Å². The van der Waals surface area contributed by atoms with E-state index in [1.807, 2.05) is 51.1 Å². The van der Waals surface area contributed by atoms with Crippen LogP contribution in [0.25, 0.3) is 10.2 Å². The number of aromatic nitrogens is 2. The van der Waals surface area contributed by atoms with Gasteiger partial charge in [0, 0.05) is 11.4 Å². The van der Waals surface area contributed by atoms with Gasteiger partial charge < -0.3 is 5.32 Å². The van der Waals surface area contributed by atoms with Crippen LogP contribution in [0.1, 0.15) is 29.3 Å². The third kappa shape index (κ3) is 4.42. The topological polar surface area (TPSA) is 64.0 Å². The van der Waals surface area contributed by atoms with Crippen LogP contribution < -0.4 is 10.9 Å². The van der Waals surface area contributed by atoms with Crippen LogP contribution in [0, 0.1) is 13.8 Å². The molecule has 5 nitrogen and oxygen atoms in total. The molecule has 1 aromatic carbocycles. The highest BCUT2D eigenvalue weighted by Gasteiger charge is 2.17. The predicted molar refractivity (Wildman–Crippen MR) is 113 cm³/mol. The monoisotopic (exact) mass is 401 g/mol. The number of carbonyl (C=O) groups is 1. The van der Waals surface area contributed by atoms with Crippen LogP contribution in [0.4, 0.5) is 0 Å². The van der Waals surface area contributed by atoms with Gasteiger partial charge >= 0.3 is 0 Å². The van der Waals surface area contributed by atoms with Crippen molar-refractivity contribution in [3.8, 4) is 0 Å². The van der Waals surface area contributed by atoms with Gasteiger partial charge in [0.2, 0.25) is 5.91 Å². The predicted octanol–water partition coefficient (Wildman–Crippen LogP) is 3.74. The smallest absolute Gasteiger partial charge is 0.263 e. The Morgan fingerprint density at radius 3 is 2.70 bits per heavy atom. The number of nitrogens with zero attached hydrogens (tertiary/aromatic N) is 2. The lowest BCUT2D eigenvalue weighted by Crippen LogP contribution is -2.27. The van der Waals surface area contributed by atoms with Gasteiger partial charge in [-0.3, -0.25) is 14.2 Å². The van der Waals surface area contributed by atoms with Gasteiger partial charge in [0.05, 0.1) is 17.7 Å². The molecule has 0 saturated carbocycles. The van der Waals surface area contributed by atoms with Gasteiger partial charge in [-0.1, -0.05) is 49.0 Å².